The van der Waals surface area contributed by atoms with Crippen LogP contribution in [0.25, 0.3) is 0 Å². The molecule has 0 atom stereocenters. The van der Waals surface area contributed by atoms with Crippen molar-refractivity contribution in [3.05, 3.63) is 85.5 Å². The average molecular weight is 490 g/mol. The van der Waals surface area contributed by atoms with Gasteiger partial charge in [0.2, 0.25) is 0 Å². The fourth-order valence-electron chi connectivity index (χ4n) is 2.82. The van der Waals surface area contributed by atoms with Crippen LogP contribution < -0.4 is 0 Å². The largest absolute Gasteiger partial charge is 2.00 e. The van der Waals surface area contributed by atoms with E-state index in [2.05, 4.69) is 87.1 Å². The van der Waals surface area contributed by atoms with Crippen molar-refractivity contribution in [3.63, 3.8) is 0 Å². The number of hydrogen-bond donors (Lipinski definition) is 0. The van der Waals surface area contributed by atoms with Crippen LogP contribution in [0.3, 0.4) is 0 Å². The molecule has 0 saturated carbocycles. The van der Waals surface area contributed by atoms with Crippen LogP contribution in [0.15, 0.2) is 55.5 Å². The maximum absolute atomic E-state index is 4.84. The minimum atomic E-state index is -0.0300. The van der Waals surface area contributed by atoms with E-state index in [0.29, 0.717) is 0 Å². The van der Waals surface area contributed by atoms with Gasteiger partial charge < -0.3 is 0 Å². The van der Waals surface area contributed by atoms with E-state index in [1.165, 1.54) is 12.2 Å². The van der Waals surface area contributed by atoms with Gasteiger partial charge in [-0.05, 0) is 18.6 Å². The summed E-state index contributed by atoms with van der Waals surface area (Å²) in [7, 11) is 0. The Morgan fingerprint density at radius 3 is 1.09 bits per heavy atom. The second-order valence-electron chi connectivity index (χ2n) is 10.9. The summed E-state index contributed by atoms with van der Waals surface area (Å²) in [5.74, 6) is 0. The normalized spacial score (nSPS) is 11.8. The Labute approximate surface area is 210 Å². The number of rotatable bonds is 4. The van der Waals surface area contributed by atoms with Crippen molar-refractivity contribution in [2.75, 3.05) is 0 Å². The van der Waals surface area contributed by atoms with E-state index >= 15 is 0 Å². The maximum Gasteiger partial charge on any atom is 2.00 e. The van der Waals surface area contributed by atoms with E-state index in [9.17, 15) is 0 Å². The van der Waals surface area contributed by atoms with Gasteiger partial charge >= 0.3 is 17.1 Å². The molecule has 0 N–H and O–H groups in total. The Hall–Kier alpha value is -2.50. The summed E-state index contributed by atoms with van der Waals surface area (Å²) in [6.07, 6.45) is 9.62. The van der Waals surface area contributed by atoms with Crippen molar-refractivity contribution in [2.45, 2.75) is 78.6 Å². The summed E-state index contributed by atoms with van der Waals surface area (Å²) in [6.45, 7) is 27.6. The van der Waals surface area contributed by atoms with Gasteiger partial charge in [0.15, 0.2) is 6.29 Å². The molecule has 179 valence electrons. The van der Waals surface area contributed by atoms with Crippen molar-refractivity contribution < 1.29 is 17.1 Å². The monoisotopic (exact) mass is 489 g/mol. The molecule has 0 unspecified atom stereocenters. The first kappa shape index (κ1) is 28.5. The van der Waals surface area contributed by atoms with Gasteiger partial charge in [-0.15, -0.1) is 0 Å². The Bertz CT molecular complexity index is 904. The molecule has 3 aromatic rings. The smallest absolute Gasteiger partial charge is 0.293 e. The van der Waals surface area contributed by atoms with E-state index in [0.717, 1.165) is 23.4 Å². The van der Waals surface area contributed by atoms with E-state index < -0.39 is 0 Å². The molecule has 0 aliphatic rings. The van der Waals surface area contributed by atoms with Gasteiger partial charge in [-0.1, -0.05) is 80.5 Å². The average Bonchev–Trinajstić information content (AvgIpc) is 3.41. The van der Waals surface area contributed by atoms with Crippen molar-refractivity contribution in [2.24, 2.45) is 0 Å². The standard InChI is InChI=1S/C22H33N6.C4H5.Mn/c1-20(2,3)16-10-13-26(23-16)19(27-14-11-17(24-27)21(4,5)6)28-15-12-18(25-28)22(7,8)9;1-3-4-2;/h10-15H,1-9H3;1,3-4H,2H2;/q2*-1;+2. The van der Waals surface area contributed by atoms with E-state index in [4.69, 9.17) is 21.9 Å². The summed E-state index contributed by atoms with van der Waals surface area (Å²) < 4.78 is 5.58. The zero-order valence-electron chi connectivity index (χ0n) is 21.5. The van der Waals surface area contributed by atoms with Crippen LogP contribution in [0.5, 0.6) is 0 Å². The van der Waals surface area contributed by atoms with Crippen molar-refractivity contribution in [1.29, 1.82) is 0 Å². The number of hydrogen-bond acceptors (Lipinski definition) is 3. The first-order valence-corrected chi connectivity index (χ1v) is 10.9. The molecule has 0 fully saturated rings. The Morgan fingerprint density at radius 2 is 0.939 bits per heavy atom. The third kappa shape index (κ3) is 7.24. The summed E-state index contributed by atoms with van der Waals surface area (Å²) in [6, 6.07) is 6.17. The number of allylic oxidation sites excluding steroid dienone is 2. The first-order valence-electron chi connectivity index (χ1n) is 10.9. The Kier molecular flexibility index (Phi) is 9.18. The van der Waals surface area contributed by atoms with Crippen molar-refractivity contribution in [1.82, 2.24) is 29.3 Å². The molecule has 3 heterocycles. The molecule has 7 heteroatoms. The Balaban J connectivity index is 0.00000101. The van der Waals surface area contributed by atoms with Crippen LogP contribution in [-0.4, -0.2) is 29.3 Å². The van der Waals surface area contributed by atoms with Crippen LogP contribution in [0.4, 0.5) is 0 Å². The minimum Gasteiger partial charge on any atom is -0.293 e. The summed E-state index contributed by atoms with van der Waals surface area (Å²) in [5.41, 5.74) is 2.98. The van der Waals surface area contributed by atoms with E-state index in [1.54, 1.807) is 0 Å². The molecule has 0 saturated heterocycles. The molecule has 3 aromatic heterocycles. The van der Waals surface area contributed by atoms with Gasteiger partial charge in [0.05, 0.1) is 17.1 Å². The molecule has 3 rings (SSSR count). The van der Waals surface area contributed by atoms with E-state index in [-0.39, 0.29) is 33.3 Å². The summed E-state index contributed by atoms with van der Waals surface area (Å²) in [5, 5.41) is 14.5. The van der Waals surface area contributed by atoms with Crippen LogP contribution >= 0.6 is 0 Å². The van der Waals surface area contributed by atoms with E-state index in [1.807, 2.05) is 32.6 Å². The van der Waals surface area contributed by atoms with Gasteiger partial charge in [0.1, 0.15) is 0 Å². The summed E-state index contributed by atoms with van der Waals surface area (Å²) in [4.78, 5) is 0. The molecule has 6 nitrogen and oxygen atoms in total. The molecule has 0 bridgehead atoms. The third-order valence-corrected chi connectivity index (χ3v) is 4.82. The molecule has 0 aromatic carbocycles. The van der Waals surface area contributed by atoms with Gasteiger partial charge in [0, 0.05) is 16.2 Å². The van der Waals surface area contributed by atoms with Crippen LogP contribution in [-0.2, 0) is 33.3 Å². The molecular formula is C26H38MnN6. The zero-order chi connectivity index (χ0) is 24.3. The predicted molar refractivity (Wildman–Crippen MR) is 131 cm³/mol. The molecule has 1 radical (unpaired) electrons. The molecule has 0 aliphatic carbocycles. The quantitative estimate of drug-likeness (QED) is 0.268. The first-order chi connectivity index (χ1) is 14.7. The number of nitrogens with zero attached hydrogens (tertiary/aromatic N) is 6. The minimum absolute atomic E-state index is 0. The van der Waals surface area contributed by atoms with Crippen molar-refractivity contribution >= 4 is 0 Å². The SMILES string of the molecule is CC(C)(C)c1ccn([C-](n2ccc(C(C)(C)C)n2)n2ccc(C(C)(C)C)n2)n1.[CH-]=CC=C.[Mn+2]. The van der Waals surface area contributed by atoms with Crippen molar-refractivity contribution in [3.8, 4) is 0 Å². The maximum atomic E-state index is 4.84. The van der Waals surface area contributed by atoms with Crippen LogP contribution in [0.1, 0.15) is 79.4 Å². The van der Waals surface area contributed by atoms with Gasteiger partial charge in [-0.25, -0.2) is 12.2 Å². The van der Waals surface area contributed by atoms with Crippen LogP contribution in [0.2, 0.25) is 0 Å². The fraction of sp³-hybridized carbons (Fsp3) is 0.462. The second kappa shape index (κ2) is 10.6. The zero-order valence-corrected chi connectivity index (χ0v) is 22.6. The fourth-order valence-corrected chi connectivity index (χ4v) is 2.82. The van der Waals surface area contributed by atoms with Gasteiger partial charge in [0.25, 0.3) is 0 Å². The Morgan fingerprint density at radius 1 is 0.697 bits per heavy atom. The molecule has 0 amide bonds. The molecule has 33 heavy (non-hydrogen) atoms. The topological polar surface area (TPSA) is 53.5 Å². The summed E-state index contributed by atoms with van der Waals surface area (Å²) >= 11 is 0. The second-order valence-corrected chi connectivity index (χ2v) is 10.9. The third-order valence-electron chi connectivity index (χ3n) is 4.82. The van der Waals surface area contributed by atoms with Crippen LogP contribution in [0, 0.1) is 12.9 Å². The molecular weight excluding hydrogens is 451 g/mol. The van der Waals surface area contributed by atoms with Gasteiger partial charge in [-0.2, -0.15) is 21.9 Å². The molecule has 0 spiro atoms. The predicted octanol–water partition coefficient (Wildman–Crippen LogP) is 5.72. The van der Waals surface area contributed by atoms with Gasteiger partial charge in [-0.3, -0.25) is 20.6 Å². The molecule has 0 aliphatic heterocycles. The number of aromatic nitrogens is 6.